The van der Waals surface area contributed by atoms with Crippen molar-refractivity contribution in [2.75, 3.05) is 0 Å². The summed E-state index contributed by atoms with van der Waals surface area (Å²) in [5.74, 6) is 0. The van der Waals surface area contributed by atoms with E-state index in [4.69, 9.17) is 0 Å². The van der Waals surface area contributed by atoms with Crippen molar-refractivity contribution >= 4 is 11.9 Å². The topological polar surface area (TPSA) is 25.2 Å². The molecule has 0 spiro atoms. The molecule has 0 amide bonds. The minimum atomic E-state index is 1.01. The van der Waals surface area contributed by atoms with Gasteiger partial charge in [-0.15, -0.1) is 0 Å². The maximum Gasteiger partial charge on any atom is 0.0840 e. The van der Waals surface area contributed by atoms with Crippen molar-refractivity contribution in [3.05, 3.63) is 23.5 Å². The van der Waals surface area contributed by atoms with Crippen LogP contribution in [0.15, 0.2) is 17.3 Å². The molecule has 2 heteroatoms. The van der Waals surface area contributed by atoms with E-state index in [2.05, 4.69) is 29.9 Å². The average molecular weight is 190 g/mol. The van der Waals surface area contributed by atoms with Gasteiger partial charge in [-0.1, -0.05) is 20.3 Å². The Balaban J connectivity index is 2.83. The second-order valence-electron chi connectivity index (χ2n) is 3.40. The van der Waals surface area contributed by atoms with Crippen LogP contribution in [0.5, 0.6) is 0 Å². The molecule has 0 N–H and O–H groups in total. The zero-order valence-electron chi connectivity index (χ0n) is 9.25. The minimum Gasteiger partial charge on any atom is -0.259 e. The van der Waals surface area contributed by atoms with E-state index in [1.54, 1.807) is 0 Å². The van der Waals surface area contributed by atoms with Gasteiger partial charge in [-0.25, -0.2) is 0 Å². The number of nitrogens with zero attached hydrogens (tertiary/aromatic N) is 2. The summed E-state index contributed by atoms with van der Waals surface area (Å²) in [6.45, 7) is 6.28. The molecule has 0 aliphatic rings. The predicted octanol–water partition coefficient (Wildman–Crippen LogP) is 3.45. The van der Waals surface area contributed by atoms with Gasteiger partial charge in [0.2, 0.25) is 0 Å². The molecule has 0 fully saturated rings. The maximum atomic E-state index is 4.42. The number of pyridine rings is 1. The van der Waals surface area contributed by atoms with Gasteiger partial charge in [0.25, 0.3) is 0 Å². The Kier molecular flexibility index (Phi) is 4.30. The summed E-state index contributed by atoms with van der Waals surface area (Å²) in [4.78, 5) is 8.73. The highest BCUT2D eigenvalue weighted by atomic mass is 14.8. The van der Waals surface area contributed by atoms with Crippen molar-refractivity contribution in [1.82, 2.24) is 4.98 Å². The number of aromatic nitrogens is 1. The first-order chi connectivity index (χ1) is 6.77. The number of rotatable bonds is 4. The highest BCUT2D eigenvalue weighted by Gasteiger charge is 1.97. The summed E-state index contributed by atoms with van der Waals surface area (Å²) in [6, 6.07) is 2.12. The SMILES string of the molecule is CCCC=Nc1cc(CC)cnc1C. The molecule has 2 nitrogen and oxygen atoms in total. The summed E-state index contributed by atoms with van der Waals surface area (Å²) in [5, 5.41) is 0. The third-order valence-electron chi connectivity index (χ3n) is 2.17. The van der Waals surface area contributed by atoms with Crippen molar-refractivity contribution in [3.63, 3.8) is 0 Å². The maximum absolute atomic E-state index is 4.42. The van der Waals surface area contributed by atoms with Crippen LogP contribution in [0.25, 0.3) is 0 Å². The molecule has 0 saturated carbocycles. The van der Waals surface area contributed by atoms with Crippen molar-refractivity contribution in [2.24, 2.45) is 4.99 Å². The van der Waals surface area contributed by atoms with Crippen molar-refractivity contribution in [3.8, 4) is 0 Å². The predicted molar refractivity (Wildman–Crippen MR) is 61.4 cm³/mol. The fraction of sp³-hybridized carbons (Fsp3) is 0.500. The third kappa shape index (κ3) is 2.95. The Morgan fingerprint density at radius 1 is 1.43 bits per heavy atom. The van der Waals surface area contributed by atoms with Crippen LogP contribution in [-0.2, 0) is 6.42 Å². The molecule has 1 heterocycles. The van der Waals surface area contributed by atoms with E-state index in [9.17, 15) is 0 Å². The number of aryl methyl sites for hydroxylation is 2. The molecule has 0 aliphatic heterocycles. The fourth-order valence-corrected chi connectivity index (χ4v) is 1.18. The first-order valence-electron chi connectivity index (χ1n) is 5.26. The first kappa shape index (κ1) is 10.9. The van der Waals surface area contributed by atoms with Gasteiger partial charge in [0, 0.05) is 12.4 Å². The second kappa shape index (κ2) is 5.53. The van der Waals surface area contributed by atoms with Crippen LogP contribution < -0.4 is 0 Å². The molecule has 0 aliphatic carbocycles. The van der Waals surface area contributed by atoms with E-state index in [-0.39, 0.29) is 0 Å². The van der Waals surface area contributed by atoms with Crippen LogP contribution in [-0.4, -0.2) is 11.2 Å². The van der Waals surface area contributed by atoms with Crippen LogP contribution in [0.1, 0.15) is 37.9 Å². The molecule has 1 aromatic rings. The van der Waals surface area contributed by atoms with Crippen molar-refractivity contribution < 1.29 is 0 Å². The van der Waals surface area contributed by atoms with Gasteiger partial charge in [0.15, 0.2) is 0 Å². The smallest absolute Gasteiger partial charge is 0.0840 e. The summed E-state index contributed by atoms with van der Waals surface area (Å²) >= 11 is 0. The van der Waals surface area contributed by atoms with E-state index in [0.717, 1.165) is 30.6 Å². The van der Waals surface area contributed by atoms with E-state index < -0.39 is 0 Å². The highest BCUT2D eigenvalue weighted by Crippen LogP contribution is 2.17. The van der Waals surface area contributed by atoms with Crippen LogP contribution in [0.4, 0.5) is 5.69 Å². The van der Waals surface area contributed by atoms with Gasteiger partial charge in [-0.3, -0.25) is 9.98 Å². The Hall–Kier alpha value is -1.18. The van der Waals surface area contributed by atoms with E-state index >= 15 is 0 Å². The lowest BCUT2D eigenvalue weighted by atomic mass is 10.2. The van der Waals surface area contributed by atoms with E-state index in [0.29, 0.717) is 0 Å². The molecule has 0 radical (unpaired) electrons. The molecule has 1 rings (SSSR count). The monoisotopic (exact) mass is 190 g/mol. The van der Waals surface area contributed by atoms with Crippen LogP contribution in [0.2, 0.25) is 0 Å². The van der Waals surface area contributed by atoms with Gasteiger partial charge in [-0.05, 0) is 31.4 Å². The minimum absolute atomic E-state index is 1.01. The molecule has 76 valence electrons. The lowest BCUT2D eigenvalue weighted by Crippen LogP contribution is -1.87. The number of hydrogen-bond donors (Lipinski definition) is 0. The Morgan fingerprint density at radius 3 is 2.86 bits per heavy atom. The van der Waals surface area contributed by atoms with Gasteiger partial charge in [-0.2, -0.15) is 0 Å². The van der Waals surface area contributed by atoms with Gasteiger partial charge >= 0.3 is 0 Å². The van der Waals surface area contributed by atoms with Crippen LogP contribution >= 0.6 is 0 Å². The van der Waals surface area contributed by atoms with Crippen LogP contribution in [0, 0.1) is 6.92 Å². The van der Waals surface area contributed by atoms with E-state index in [1.807, 2.05) is 19.3 Å². The van der Waals surface area contributed by atoms with Crippen molar-refractivity contribution in [2.45, 2.75) is 40.0 Å². The fourth-order valence-electron chi connectivity index (χ4n) is 1.18. The Morgan fingerprint density at radius 2 is 2.21 bits per heavy atom. The van der Waals surface area contributed by atoms with Gasteiger partial charge in [0.05, 0.1) is 11.4 Å². The second-order valence-corrected chi connectivity index (χ2v) is 3.40. The number of aliphatic imine (C=N–C) groups is 1. The van der Waals surface area contributed by atoms with E-state index in [1.165, 1.54) is 5.56 Å². The summed E-state index contributed by atoms with van der Waals surface area (Å²) in [6.07, 6.45) is 7.10. The summed E-state index contributed by atoms with van der Waals surface area (Å²) in [7, 11) is 0. The highest BCUT2D eigenvalue weighted by molar-refractivity contribution is 5.64. The van der Waals surface area contributed by atoms with Crippen molar-refractivity contribution in [1.29, 1.82) is 0 Å². The molecular weight excluding hydrogens is 172 g/mol. The van der Waals surface area contributed by atoms with Gasteiger partial charge in [0.1, 0.15) is 0 Å². The Labute approximate surface area is 86.1 Å². The molecule has 0 atom stereocenters. The number of hydrogen-bond acceptors (Lipinski definition) is 2. The van der Waals surface area contributed by atoms with Crippen LogP contribution in [0.3, 0.4) is 0 Å². The molecule has 0 unspecified atom stereocenters. The molecule has 1 aromatic heterocycles. The first-order valence-corrected chi connectivity index (χ1v) is 5.26. The largest absolute Gasteiger partial charge is 0.259 e. The zero-order chi connectivity index (χ0) is 10.4. The molecule has 14 heavy (non-hydrogen) atoms. The number of unbranched alkanes of at least 4 members (excludes halogenated alkanes) is 1. The summed E-state index contributed by atoms with van der Waals surface area (Å²) < 4.78 is 0. The lowest BCUT2D eigenvalue weighted by Gasteiger charge is -2.01. The quantitative estimate of drug-likeness (QED) is 0.667. The molecule has 0 aromatic carbocycles. The lowest BCUT2D eigenvalue weighted by molar-refractivity contribution is 1.01. The molecule has 0 saturated heterocycles. The Bertz CT molecular complexity index is 316. The van der Waals surface area contributed by atoms with Gasteiger partial charge < -0.3 is 0 Å². The average Bonchev–Trinajstić information content (AvgIpc) is 2.21. The molecule has 0 bridgehead atoms. The third-order valence-corrected chi connectivity index (χ3v) is 2.17. The summed E-state index contributed by atoms with van der Waals surface area (Å²) in [5.41, 5.74) is 3.27. The normalized spacial score (nSPS) is 11.1. The zero-order valence-corrected chi connectivity index (χ0v) is 9.25. The molecular formula is C12H18N2. The standard InChI is InChI=1S/C12H18N2/c1-4-6-7-13-12-8-11(5-2)9-14-10(12)3/h7-9H,4-6H2,1-3H3.